The lowest BCUT2D eigenvalue weighted by atomic mass is 10.1. The minimum Gasteiger partial charge on any atom is -0.322 e. The SMILES string of the molecule is O=C(Nc1cccc(C2SCC(=O)N2c2ccccc2F)c1)c1ccc(F)cc1. The Morgan fingerprint density at radius 3 is 2.52 bits per heavy atom. The first kappa shape index (κ1) is 19.1. The van der Waals surface area contributed by atoms with Crippen LogP contribution in [-0.4, -0.2) is 17.6 Å². The van der Waals surface area contributed by atoms with Gasteiger partial charge in [0.1, 0.15) is 17.0 Å². The van der Waals surface area contributed by atoms with Crippen LogP contribution in [0.1, 0.15) is 21.3 Å². The highest BCUT2D eigenvalue weighted by molar-refractivity contribution is 8.00. The quantitative estimate of drug-likeness (QED) is 0.659. The molecule has 0 saturated carbocycles. The maximum atomic E-state index is 14.3. The number of benzene rings is 3. The van der Waals surface area contributed by atoms with Crippen molar-refractivity contribution in [3.8, 4) is 0 Å². The van der Waals surface area contributed by atoms with Gasteiger partial charge < -0.3 is 5.32 Å². The molecule has 4 rings (SSSR count). The molecule has 29 heavy (non-hydrogen) atoms. The second kappa shape index (κ2) is 8.05. The van der Waals surface area contributed by atoms with Crippen LogP contribution in [0.25, 0.3) is 0 Å². The van der Waals surface area contributed by atoms with Crippen LogP contribution in [0.3, 0.4) is 0 Å². The fourth-order valence-corrected chi connectivity index (χ4v) is 4.31. The van der Waals surface area contributed by atoms with Crippen molar-refractivity contribution in [1.29, 1.82) is 0 Å². The van der Waals surface area contributed by atoms with Crippen molar-refractivity contribution < 1.29 is 18.4 Å². The summed E-state index contributed by atoms with van der Waals surface area (Å²) in [6.07, 6.45) is 0. The second-order valence-electron chi connectivity index (χ2n) is 6.46. The molecule has 2 amide bonds. The smallest absolute Gasteiger partial charge is 0.255 e. The Hall–Kier alpha value is -3.19. The van der Waals surface area contributed by atoms with E-state index in [2.05, 4.69) is 5.32 Å². The Morgan fingerprint density at radius 1 is 1.00 bits per heavy atom. The molecule has 0 aliphatic carbocycles. The van der Waals surface area contributed by atoms with Crippen molar-refractivity contribution in [3.63, 3.8) is 0 Å². The van der Waals surface area contributed by atoms with Crippen molar-refractivity contribution in [2.75, 3.05) is 16.0 Å². The number of nitrogens with one attached hydrogen (secondary N) is 1. The molecule has 1 N–H and O–H groups in total. The zero-order valence-electron chi connectivity index (χ0n) is 15.1. The highest BCUT2D eigenvalue weighted by Crippen LogP contribution is 2.42. The van der Waals surface area contributed by atoms with Crippen LogP contribution in [0.5, 0.6) is 0 Å². The third-order valence-corrected chi connectivity index (χ3v) is 5.73. The summed E-state index contributed by atoms with van der Waals surface area (Å²) in [6, 6.07) is 18.5. The molecule has 1 saturated heterocycles. The van der Waals surface area contributed by atoms with Gasteiger partial charge in [-0.25, -0.2) is 8.78 Å². The maximum absolute atomic E-state index is 14.3. The molecule has 1 fully saturated rings. The Morgan fingerprint density at radius 2 is 1.76 bits per heavy atom. The second-order valence-corrected chi connectivity index (χ2v) is 7.53. The molecule has 1 aliphatic heterocycles. The first-order valence-electron chi connectivity index (χ1n) is 8.88. The van der Waals surface area contributed by atoms with E-state index in [9.17, 15) is 18.4 Å². The minimum absolute atomic E-state index is 0.175. The van der Waals surface area contributed by atoms with Crippen LogP contribution in [0.4, 0.5) is 20.2 Å². The largest absolute Gasteiger partial charge is 0.322 e. The predicted octanol–water partition coefficient (Wildman–Crippen LogP) is 5.00. The average Bonchev–Trinajstić information content (AvgIpc) is 3.10. The lowest BCUT2D eigenvalue weighted by Crippen LogP contribution is -2.28. The summed E-state index contributed by atoms with van der Waals surface area (Å²) in [6.45, 7) is 0. The van der Waals surface area contributed by atoms with Crippen LogP contribution in [0.2, 0.25) is 0 Å². The standard InChI is InChI=1S/C22H16F2N2O2S/c23-16-10-8-14(9-11-16)21(28)25-17-5-3-4-15(12-17)22-26(20(27)13-29-22)19-7-2-1-6-18(19)24/h1-12,22H,13H2,(H,25,28). The minimum atomic E-state index is -0.464. The van der Waals surface area contributed by atoms with E-state index in [0.29, 0.717) is 11.3 Å². The highest BCUT2D eigenvalue weighted by Gasteiger charge is 2.35. The number of rotatable bonds is 4. The van der Waals surface area contributed by atoms with Crippen LogP contribution in [0, 0.1) is 11.6 Å². The Bertz CT molecular complexity index is 1070. The maximum Gasteiger partial charge on any atom is 0.255 e. The molecule has 3 aromatic rings. The van der Waals surface area contributed by atoms with Gasteiger partial charge in [0.05, 0.1) is 11.4 Å². The van der Waals surface area contributed by atoms with Gasteiger partial charge in [0, 0.05) is 11.3 Å². The van der Waals surface area contributed by atoms with E-state index in [1.54, 1.807) is 36.4 Å². The van der Waals surface area contributed by atoms with Gasteiger partial charge in [0.2, 0.25) is 5.91 Å². The topological polar surface area (TPSA) is 49.4 Å². The van der Waals surface area contributed by atoms with Gasteiger partial charge in [-0.05, 0) is 54.1 Å². The van der Waals surface area contributed by atoms with Crippen molar-refractivity contribution in [1.82, 2.24) is 0 Å². The number of thioether (sulfide) groups is 1. The number of para-hydroxylation sites is 1. The van der Waals surface area contributed by atoms with E-state index < -0.39 is 17.0 Å². The summed E-state index contributed by atoms with van der Waals surface area (Å²) in [5.74, 6) is -1.19. The van der Waals surface area contributed by atoms with Crippen molar-refractivity contribution in [3.05, 3.63) is 95.6 Å². The fourth-order valence-electron chi connectivity index (χ4n) is 3.15. The molecule has 7 heteroatoms. The molecule has 146 valence electrons. The summed E-state index contributed by atoms with van der Waals surface area (Å²) in [4.78, 5) is 26.3. The number of hydrogen-bond donors (Lipinski definition) is 1. The van der Waals surface area contributed by atoms with Crippen LogP contribution in [-0.2, 0) is 4.79 Å². The molecule has 0 aromatic heterocycles. The first-order valence-corrected chi connectivity index (χ1v) is 9.93. The molecule has 1 unspecified atom stereocenters. The van der Waals surface area contributed by atoms with E-state index in [0.717, 1.165) is 5.56 Å². The zero-order chi connectivity index (χ0) is 20.4. The molecule has 0 radical (unpaired) electrons. The third kappa shape index (κ3) is 4.00. The number of hydrogen-bond acceptors (Lipinski definition) is 3. The Balaban J connectivity index is 1.59. The lowest BCUT2D eigenvalue weighted by Gasteiger charge is -2.25. The predicted molar refractivity (Wildman–Crippen MR) is 110 cm³/mol. The number of carbonyl (C=O) groups is 2. The molecule has 1 atom stereocenters. The van der Waals surface area contributed by atoms with Gasteiger partial charge in [-0.3, -0.25) is 14.5 Å². The number of halogens is 2. The molecule has 3 aromatic carbocycles. The van der Waals surface area contributed by atoms with Gasteiger partial charge in [-0.1, -0.05) is 24.3 Å². The average molecular weight is 410 g/mol. The summed E-state index contributed by atoms with van der Waals surface area (Å²) in [7, 11) is 0. The number of amides is 2. The van der Waals surface area contributed by atoms with E-state index in [4.69, 9.17) is 0 Å². The van der Waals surface area contributed by atoms with Crippen molar-refractivity contribution in [2.45, 2.75) is 5.37 Å². The molecule has 1 aliphatic rings. The molecular formula is C22H16F2N2O2S. The highest BCUT2D eigenvalue weighted by atomic mass is 32.2. The number of carbonyl (C=O) groups excluding carboxylic acids is 2. The Labute approximate surface area is 170 Å². The van der Waals surface area contributed by atoms with Gasteiger partial charge >= 0.3 is 0 Å². The zero-order valence-corrected chi connectivity index (χ0v) is 16.0. The van der Waals surface area contributed by atoms with Gasteiger partial charge in [0.25, 0.3) is 5.91 Å². The third-order valence-electron chi connectivity index (χ3n) is 4.52. The van der Waals surface area contributed by atoms with Crippen molar-refractivity contribution in [2.24, 2.45) is 0 Å². The van der Waals surface area contributed by atoms with Gasteiger partial charge in [-0.15, -0.1) is 11.8 Å². The molecule has 1 heterocycles. The van der Waals surface area contributed by atoms with E-state index in [1.165, 1.54) is 47.0 Å². The molecule has 0 bridgehead atoms. The summed E-state index contributed by atoms with van der Waals surface area (Å²) in [5.41, 5.74) is 1.86. The molecule has 4 nitrogen and oxygen atoms in total. The van der Waals surface area contributed by atoms with Crippen molar-refractivity contribution >= 4 is 35.0 Å². The molecular weight excluding hydrogens is 394 g/mol. The summed E-state index contributed by atoms with van der Waals surface area (Å²) < 4.78 is 27.3. The van der Waals surface area contributed by atoms with E-state index in [1.807, 2.05) is 6.07 Å². The summed E-state index contributed by atoms with van der Waals surface area (Å²) in [5, 5.41) is 2.37. The number of nitrogens with zero attached hydrogens (tertiary/aromatic N) is 1. The van der Waals surface area contributed by atoms with Gasteiger partial charge in [-0.2, -0.15) is 0 Å². The van der Waals surface area contributed by atoms with Gasteiger partial charge in [0.15, 0.2) is 0 Å². The van der Waals surface area contributed by atoms with E-state index in [-0.39, 0.29) is 23.3 Å². The fraction of sp³-hybridized carbons (Fsp3) is 0.0909. The van der Waals surface area contributed by atoms with Crippen LogP contribution in [0.15, 0.2) is 72.8 Å². The van der Waals surface area contributed by atoms with Crippen LogP contribution >= 0.6 is 11.8 Å². The molecule has 0 spiro atoms. The van der Waals surface area contributed by atoms with Crippen LogP contribution < -0.4 is 10.2 Å². The number of anilines is 2. The Kier molecular flexibility index (Phi) is 5.31. The monoisotopic (exact) mass is 410 g/mol. The lowest BCUT2D eigenvalue weighted by molar-refractivity contribution is -0.115. The van der Waals surface area contributed by atoms with E-state index >= 15 is 0 Å². The summed E-state index contributed by atoms with van der Waals surface area (Å²) >= 11 is 1.40. The normalized spacial score (nSPS) is 16.1. The first-order chi connectivity index (χ1) is 14.0.